The minimum Gasteiger partial charge on any atom is -0.315 e. The Morgan fingerprint density at radius 3 is 2.73 bits per heavy atom. The van der Waals surface area contributed by atoms with Crippen molar-refractivity contribution >= 4 is 0 Å². The van der Waals surface area contributed by atoms with E-state index < -0.39 is 0 Å². The van der Waals surface area contributed by atoms with Crippen molar-refractivity contribution in [1.29, 1.82) is 0 Å². The summed E-state index contributed by atoms with van der Waals surface area (Å²) in [6.45, 7) is 9.90. The SMILES string of the molecule is CCN(CC)CCNCCc1ccn[nH]1. The molecule has 0 aliphatic rings. The molecule has 1 heterocycles. The third-order valence-electron chi connectivity index (χ3n) is 2.63. The van der Waals surface area contributed by atoms with Crippen LogP contribution in [0, 0.1) is 0 Å². The van der Waals surface area contributed by atoms with E-state index in [4.69, 9.17) is 0 Å². The predicted octanol–water partition coefficient (Wildman–Crippen LogP) is 0.884. The normalized spacial score (nSPS) is 11.1. The van der Waals surface area contributed by atoms with Gasteiger partial charge in [0, 0.05) is 37.9 Å². The highest BCUT2D eigenvalue weighted by Crippen LogP contribution is 1.91. The molecule has 0 amide bonds. The lowest BCUT2D eigenvalue weighted by atomic mass is 10.3. The predicted molar refractivity (Wildman–Crippen MR) is 62.9 cm³/mol. The number of hydrogen-bond acceptors (Lipinski definition) is 3. The topological polar surface area (TPSA) is 44.0 Å². The van der Waals surface area contributed by atoms with Crippen molar-refractivity contribution < 1.29 is 0 Å². The highest BCUT2D eigenvalue weighted by molar-refractivity contribution is 4.97. The number of aromatic nitrogens is 2. The van der Waals surface area contributed by atoms with E-state index in [0.717, 1.165) is 39.1 Å². The van der Waals surface area contributed by atoms with E-state index in [2.05, 4.69) is 34.3 Å². The maximum Gasteiger partial charge on any atom is 0.0490 e. The van der Waals surface area contributed by atoms with Crippen molar-refractivity contribution in [1.82, 2.24) is 20.4 Å². The number of likely N-dealkylation sites (N-methyl/N-ethyl adjacent to an activating group) is 1. The Bertz CT molecular complexity index is 229. The van der Waals surface area contributed by atoms with Gasteiger partial charge in [-0.3, -0.25) is 5.10 Å². The Kier molecular flexibility index (Phi) is 6.04. The number of nitrogens with one attached hydrogen (secondary N) is 2. The quantitative estimate of drug-likeness (QED) is 0.626. The number of aromatic amines is 1. The van der Waals surface area contributed by atoms with Crippen LogP contribution in [0.5, 0.6) is 0 Å². The Morgan fingerprint density at radius 1 is 1.33 bits per heavy atom. The Balaban J connectivity index is 1.97. The van der Waals surface area contributed by atoms with Crippen LogP contribution < -0.4 is 5.32 Å². The van der Waals surface area contributed by atoms with Crippen LogP contribution in [0.15, 0.2) is 12.3 Å². The summed E-state index contributed by atoms with van der Waals surface area (Å²) in [7, 11) is 0. The standard InChI is InChI=1S/C11H22N4/c1-3-15(4-2)10-9-12-7-5-11-6-8-13-14-11/h6,8,12H,3-5,7,9-10H2,1-2H3,(H,13,14). The van der Waals surface area contributed by atoms with Gasteiger partial charge in [0.15, 0.2) is 0 Å². The van der Waals surface area contributed by atoms with E-state index >= 15 is 0 Å². The summed E-state index contributed by atoms with van der Waals surface area (Å²) in [5, 5.41) is 10.3. The van der Waals surface area contributed by atoms with Gasteiger partial charge in [0.1, 0.15) is 0 Å². The summed E-state index contributed by atoms with van der Waals surface area (Å²) in [6.07, 6.45) is 2.82. The van der Waals surface area contributed by atoms with E-state index in [9.17, 15) is 0 Å². The van der Waals surface area contributed by atoms with E-state index in [1.54, 1.807) is 6.20 Å². The molecule has 0 atom stereocenters. The first-order valence-electron chi connectivity index (χ1n) is 5.78. The van der Waals surface area contributed by atoms with Crippen molar-refractivity contribution in [2.45, 2.75) is 20.3 Å². The molecule has 0 bridgehead atoms. The van der Waals surface area contributed by atoms with Gasteiger partial charge in [-0.25, -0.2) is 0 Å². The zero-order valence-corrected chi connectivity index (χ0v) is 9.79. The smallest absolute Gasteiger partial charge is 0.0490 e. The Morgan fingerprint density at radius 2 is 2.13 bits per heavy atom. The van der Waals surface area contributed by atoms with Crippen LogP contribution in [0.3, 0.4) is 0 Å². The molecular weight excluding hydrogens is 188 g/mol. The van der Waals surface area contributed by atoms with E-state index in [-0.39, 0.29) is 0 Å². The van der Waals surface area contributed by atoms with Gasteiger partial charge in [-0.15, -0.1) is 0 Å². The lowest BCUT2D eigenvalue weighted by Gasteiger charge is -2.17. The molecule has 15 heavy (non-hydrogen) atoms. The largest absolute Gasteiger partial charge is 0.315 e. The minimum atomic E-state index is 1.02. The van der Waals surface area contributed by atoms with Gasteiger partial charge in [-0.05, 0) is 19.2 Å². The molecule has 0 fully saturated rings. The molecular formula is C11H22N4. The molecule has 2 N–H and O–H groups in total. The molecule has 1 rings (SSSR count). The van der Waals surface area contributed by atoms with Crippen molar-refractivity contribution in [2.75, 3.05) is 32.7 Å². The fourth-order valence-corrected chi connectivity index (χ4v) is 1.55. The molecule has 4 nitrogen and oxygen atoms in total. The second-order valence-electron chi connectivity index (χ2n) is 3.61. The summed E-state index contributed by atoms with van der Waals surface area (Å²) in [5.41, 5.74) is 1.20. The van der Waals surface area contributed by atoms with Gasteiger partial charge >= 0.3 is 0 Å². The fraction of sp³-hybridized carbons (Fsp3) is 0.727. The van der Waals surface area contributed by atoms with Gasteiger partial charge in [0.05, 0.1) is 0 Å². The molecule has 0 aliphatic carbocycles. The molecule has 4 heteroatoms. The average molecular weight is 210 g/mol. The van der Waals surface area contributed by atoms with Crippen LogP contribution >= 0.6 is 0 Å². The average Bonchev–Trinajstić information content (AvgIpc) is 2.76. The van der Waals surface area contributed by atoms with Crippen molar-refractivity contribution in [3.63, 3.8) is 0 Å². The van der Waals surface area contributed by atoms with E-state index in [0.29, 0.717) is 0 Å². The van der Waals surface area contributed by atoms with Gasteiger partial charge in [0.25, 0.3) is 0 Å². The summed E-state index contributed by atoms with van der Waals surface area (Å²) < 4.78 is 0. The summed E-state index contributed by atoms with van der Waals surface area (Å²) in [5.74, 6) is 0. The molecule has 0 saturated heterocycles. The van der Waals surface area contributed by atoms with Crippen molar-refractivity contribution in [3.8, 4) is 0 Å². The summed E-state index contributed by atoms with van der Waals surface area (Å²) >= 11 is 0. The maximum atomic E-state index is 3.91. The monoisotopic (exact) mass is 210 g/mol. The maximum absolute atomic E-state index is 3.91. The molecule has 0 aliphatic heterocycles. The number of hydrogen-bond donors (Lipinski definition) is 2. The van der Waals surface area contributed by atoms with Gasteiger partial charge in [-0.1, -0.05) is 13.8 Å². The lowest BCUT2D eigenvalue weighted by molar-refractivity contribution is 0.303. The zero-order valence-electron chi connectivity index (χ0n) is 9.79. The van der Waals surface area contributed by atoms with Crippen LogP contribution in [-0.2, 0) is 6.42 Å². The van der Waals surface area contributed by atoms with Crippen LogP contribution in [0.2, 0.25) is 0 Å². The first-order chi connectivity index (χ1) is 7.36. The molecule has 86 valence electrons. The second-order valence-corrected chi connectivity index (χ2v) is 3.61. The highest BCUT2D eigenvalue weighted by atomic mass is 15.1. The van der Waals surface area contributed by atoms with Gasteiger partial charge < -0.3 is 10.2 Å². The van der Waals surface area contributed by atoms with E-state index in [1.807, 2.05) is 6.07 Å². The number of H-pyrrole nitrogens is 1. The second kappa shape index (κ2) is 7.43. The lowest BCUT2D eigenvalue weighted by Crippen LogP contribution is -2.32. The minimum absolute atomic E-state index is 1.02. The molecule has 0 spiro atoms. The fourth-order valence-electron chi connectivity index (χ4n) is 1.55. The number of nitrogens with zero attached hydrogens (tertiary/aromatic N) is 2. The van der Waals surface area contributed by atoms with Crippen LogP contribution in [0.25, 0.3) is 0 Å². The van der Waals surface area contributed by atoms with Crippen molar-refractivity contribution in [3.05, 3.63) is 18.0 Å². The van der Waals surface area contributed by atoms with Gasteiger partial charge in [-0.2, -0.15) is 5.10 Å². The summed E-state index contributed by atoms with van der Waals surface area (Å²) in [6, 6.07) is 2.02. The van der Waals surface area contributed by atoms with Gasteiger partial charge in [0.2, 0.25) is 0 Å². The number of rotatable bonds is 8. The first kappa shape index (κ1) is 12.2. The Hall–Kier alpha value is -0.870. The molecule has 0 unspecified atom stereocenters. The molecule has 0 saturated carbocycles. The van der Waals surface area contributed by atoms with Crippen LogP contribution in [-0.4, -0.2) is 47.8 Å². The zero-order chi connectivity index (χ0) is 10.9. The first-order valence-corrected chi connectivity index (χ1v) is 5.78. The third kappa shape index (κ3) is 4.95. The molecule has 0 radical (unpaired) electrons. The molecule has 1 aromatic heterocycles. The summed E-state index contributed by atoms with van der Waals surface area (Å²) in [4.78, 5) is 2.42. The van der Waals surface area contributed by atoms with Crippen LogP contribution in [0.1, 0.15) is 19.5 Å². The van der Waals surface area contributed by atoms with E-state index in [1.165, 1.54) is 5.69 Å². The van der Waals surface area contributed by atoms with Crippen molar-refractivity contribution in [2.24, 2.45) is 0 Å². The molecule has 0 aromatic carbocycles. The molecule has 1 aromatic rings. The third-order valence-corrected chi connectivity index (χ3v) is 2.63. The highest BCUT2D eigenvalue weighted by Gasteiger charge is 1.97. The van der Waals surface area contributed by atoms with Crippen LogP contribution in [0.4, 0.5) is 0 Å². The Labute approximate surface area is 92.1 Å².